The van der Waals surface area contributed by atoms with Crippen LogP contribution in [0.4, 0.5) is 5.69 Å². The van der Waals surface area contributed by atoms with Crippen LogP contribution < -0.4 is 10.5 Å². The van der Waals surface area contributed by atoms with Gasteiger partial charge in [0, 0.05) is 5.54 Å². The van der Waals surface area contributed by atoms with Gasteiger partial charge in [0.05, 0.1) is 18.4 Å². The molecule has 0 saturated heterocycles. The molecule has 2 N–H and O–H groups in total. The molecule has 1 rings (SSSR count). The molecule has 5 nitrogen and oxygen atoms in total. The van der Waals surface area contributed by atoms with Gasteiger partial charge in [-0.1, -0.05) is 0 Å². The SMILES string of the molecule is COC(=O)c1ccc(N)c(OCC(C)(C)N(C)C)c1. The van der Waals surface area contributed by atoms with E-state index in [1.54, 1.807) is 18.2 Å². The largest absolute Gasteiger partial charge is 0.489 e. The van der Waals surface area contributed by atoms with E-state index in [-0.39, 0.29) is 5.54 Å². The maximum atomic E-state index is 11.5. The third kappa shape index (κ3) is 3.86. The molecular weight excluding hydrogens is 244 g/mol. The van der Waals surface area contributed by atoms with Gasteiger partial charge in [-0.25, -0.2) is 4.79 Å². The van der Waals surface area contributed by atoms with E-state index < -0.39 is 5.97 Å². The fourth-order valence-corrected chi connectivity index (χ4v) is 1.29. The number of carbonyl (C=O) groups excluding carboxylic acids is 1. The molecule has 19 heavy (non-hydrogen) atoms. The molecule has 0 unspecified atom stereocenters. The minimum absolute atomic E-state index is 0.131. The molecule has 5 heteroatoms. The van der Waals surface area contributed by atoms with E-state index in [1.165, 1.54) is 7.11 Å². The van der Waals surface area contributed by atoms with Crippen molar-refractivity contribution in [3.63, 3.8) is 0 Å². The molecule has 0 spiro atoms. The van der Waals surface area contributed by atoms with Crippen LogP contribution in [0.1, 0.15) is 24.2 Å². The number of carbonyl (C=O) groups is 1. The van der Waals surface area contributed by atoms with E-state index in [9.17, 15) is 4.79 Å². The number of rotatable bonds is 5. The Morgan fingerprint density at radius 2 is 2.00 bits per heavy atom. The van der Waals surface area contributed by atoms with Crippen LogP contribution >= 0.6 is 0 Å². The molecule has 0 amide bonds. The predicted octanol–water partition coefficient (Wildman–Crippen LogP) is 1.77. The molecular formula is C14H22N2O3. The van der Waals surface area contributed by atoms with Crippen LogP contribution in [0, 0.1) is 0 Å². The van der Waals surface area contributed by atoms with Gasteiger partial charge in [0.15, 0.2) is 0 Å². The number of likely N-dealkylation sites (N-methyl/N-ethyl adjacent to an activating group) is 1. The van der Waals surface area contributed by atoms with Gasteiger partial charge in [0.1, 0.15) is 12.4 Å². The Labute approximate surface area is 114 Å². The van der Waals surface area contributed by atoms with Crippen molar-refractivity contribution in [1.82, 2.24) is 4.90 Å². The fraction of sp³-hybridized carbons (Fsp3) is 0.500. The second kappa shape index (κ2) is 5.93. The highest BCUT2D eigenvalue weighted by atomic mass is 16.5. The molecule has 1 aromatic rings. The molecule has 1 aromatic carbocycles. The number of anilines is 1. The lowest BCUT2D eigenvalue weighted by Gasteiger charge is -2.32. The molecule has 0 aliphatic heterocycles. The van der Waals surface area contributed by atoms with Crippen LogP contribution in [-0.4, -0.2) is 44.2 Å². The van der Waals surface area contributed by atoms with Gasteiger partial charge in [-0.3, -0.25) is 0 Å². The number of methoxy groups -OCH3 is 1. The first-order valence-corrected chi connectivity index (χ1v) is 6.06. The van der Waals surface area contributed by atoms with Crippen LogP contribution in [0.3, 0.4) is 0 Å². The Bertz CT molecular complexity index is 456. The van der Waals surface area contributed by atoms with Crippen molar-refractivity contribution in [2.75, 3.05) is 33.5 Å². The first-order chi connectivity index (χ1) is 8.77. The standard InChI is InChI=1S/C14H22N2O3/c1-14(2,16(3)4)9-19-12-8-10(13(17)18-5)6-7-11(12)15/h6-8H,9,15H2,1-5H3. The topological polar surface area (TPSA) is 64.8 Å². The molecule has 0 atom stereocenters. The smallest absolute Gasteiger partial charge is 0.337 e. The Kier molecular flexibility index (Phi) is 4.78. The van der Waals surface area contributed by atoms with Crippen LogP contribution in [0.25, 0.3) is 0 Å². The molecule has 0 aliphatic carbocycles. The average Bonchev–Trinajstić information content (AvgIpc) is 2.36. The van der Waals surface area contributed by atoms with Crippen LogP contribution in [0.15, 0.2) is 18.2 Å². The van der Waals surface area contributed by atoms with E-state index >= 15 is 0 Å². The Morgan fingerprint density at radius 3 is 2.53 bits per heavy atom. The maximum Gasteiger partial charge on any atom is 0.337 e. The summed E-state index contributed by atoms with van der Waals surface area (Å²) >= 11 is 0. The molecule has 106 valence electrons. The molecule has 0 radical (unpaired) electrons. The normalized spacial score (nSPS) is 11.5. The van der Waals surface area contributed by atoms with Crippen molar-refractivity contribution < 1.29 is 14.3 Å². The highest BCUT2D eigenvalue weighted by Crippen LogP contribution is 2.25. The first-order valence-electron chi connectivity index (χ1n) is 6.06. The number of nitrogens with zero attached hydrogens (tertiary/aromatic N) is 1. The lowest BCUT2D eigenvalue weighted by molar-refractivity contribution is 0.0600. The highest BCUT2D eigenvalue weighted by molar-refractivity contribution is 5.90. The van der Waals surface area contributed by atoms with Crippen LogP contribution in [0.2, 0.25) is 0 Å². The van der Waals surface area contributed by atoms with E-state index in [0.717, 1.165) is 0 Å². The van der Waals surface area contributed by atoms with Crippen molar-refractivity contribution >= 4 is 11.7 Å². The first kappa shape index (κ1) is 15.3. The maximum absolute atomic E-state index is 11.5. The quantitative estimate of drug-likeness (QED) is 0.650. The summed E-state index contributed by atoms with van der Waals surface area (Å²) in [5, 5.41) is 0. The van der Waals surface area contributed by atoms with Gasteiger partial charge in [0.2, 0.25) is 0 Å². The summed E-state index contributed by atoms with van der Waals surface area (Å²) in [7, 11) is 5.31. The van der Waals surface area contributed by atoms with Crippen molar-refractivity contribution in [2.24, 2.45) is 0 Å². The van der Waals surface area contributed by atoms with E-state index in [1.807, 2.05) is 14.1 Å². The number of benzene rings is 1. The summed E-state index contributed by atoms with van der Waals surface area (Å²) in [6, 6.07) is 4.86. The molecule has 0 heterocycles. The Balaban J connectivity index is 2.86. The van der Waals surface area contributed by atoms with E-state index in [0.29, 0.717) is 23.6 Å². The number of nitrogen functional groups attached to an aromatic ring is 1. The molecule has 0 fully saturated rings. The molecule has 0 aromatic heterocycles. The zero-order valence-corrected chi connectivity index (χ0v) is 12.2. The number of esters is 1. The number of hydrogen-bond donors (Lipinski definition) is 1. The third-order valence-corrected chi connectivity index (χ3v) is 3.23. The minimum atomic E-state index is -0.406. The Hall–Kier alpha value is -1.75. The van der Waals surface area contributed by atoms with Gasteiger partial charge in [-0.15, -0.1) is 0 Å². The number of nitrogens with two attached hydrogens (primary N) is 1. The van der Waals surface area contributed by atoms with Crippen LogP contribution in [-0.2, 0) is 4.74 Å². The second-order valence-electron chi connectivity index (χ2n) is 5.24. The summed E-state index contributed by atoms with van der Waals surface area (Å²) in [4.78, 5) is 13.5. The summed E-state index contributed by atoms with van der Waals surface area (Å²) in [5.41, 5.74) is 6.64. The second-order valence-corrected chi connectivity index (χ2v) is 5.24. The fourth-order valence-electron chi connectivity index (χ4n) is 1.29. The van der Waals surface area contributed by atoms with Crippen molar-refractivity contribution in [3.05, 3.63) is 23.8 Å². The van der Waals surface area contributed by atoms with Crippen LogP contribution in [0.5, 0.6) is 5.75 Å². The van der Waals surface area contributed by atoms with Gasteiger partial charge < -0.3 is 20.1 Å². The number of ether oxygens (including phenoxy) is 2. The lowest BCUT2D eigenvalue weighted by atomic mass is 10.1. The lowest BCUT2D eigenvalue weighted by Crippen LogP contribution is -2.43. The third-order valence-electron chi connectivity index (χ3n) is 3.23. The van der Waals surface area contributed by atoms with Crippen molar-refractivity contribution in [2.45, 2.75) is 19.4 Å². The summed E-state index contributed by atoms with van der Waals surface area (Å²) in [6.45, 7) is 4.59. The average molecular weight is 266 g/mol. The summed E-state index contributed by atoms with van der Waals surface area (Å²) in [6.07, 6.45) is 0. The monoisotopic (exact) mass is 266 g/mol. The summed E-state index contributed by atoms with van der Waals surface area (Å²) < 4.78 is 10.4. The Morgan fingerprint density at radius 1 is 1.37 bits per heavy atom. The zero-order chi connectivity index (χ0) is 14.6. The summed E-state index contributed by atoms with van der Waals surface area (Å²) in [5.74, 6) is 0.0922. The highest BCUT2D eigenvalue weighted by Gasteiger charge is 2.22. The van der Waals surface area contributed by atoms with Gasteiger partial charge >= 0.3 is 5.97 Å². The van der Waals surface area contributed by atoms with Crippen molar-refractivity contribution in [3.8, 4) is 5.75 Å². The van der Waals surface area contributed by atoms with E-state index in [4.69, 9.17) is 10.5 Å². The molecule has 0 saturated carbocycles. The molecule has 0 bridgehead atoms. The van der Waals surface area contributed by atoms with Gasteiger partial charge in [0.25, 0.3) is 0 Å². The van der Waals surface area contributed by atoms with Crippen molar-refractivity contribution in [1.29, 1.82) is 0 Å². The molecule has 0 aliphatic rings. The minimum Gasteiger partial charge on any atom is -0.489 e. The van der Waals surface area contributed by atoms with Gasteiger partial charge in [-0.05, 0) is 46.1 Å². The number of hydrogen-bond acceptors (Lipinski definition) is 5. The van der Waals surface area contributed by atoms with Gasteiger partial charge in [-0.2, -0.15) is 0 Å². The zero-order valence-electron chi connectivity index (χ0n) is 12.2. The predicted molar refractivity (Wildman–Crippen MR) is 75.5 cm³/mol. The van der Waals surface area contributed by atoms with E-state index in [2.05, 4.69) is 23.5 Å².